The van der Waals surface area contributed by atoms with Gasteiger partial charge in [-0.25, -0.2) is 13.1 Å². The summed E-state index contributed by atoms with van der Waals surface area (Å²) < 4.78 is 34.0. The molecule has 1 aromatic carbocycles. The SMILES string of the molecule is CC(C)C(=O)N[C@@H]1C(C)(C)[C@@H]2C[C@@H]3[C@@H](CCNS(=O)(=O)c4ccccc4)OCC[C@@]31C2. The first kappa shape index (κ1) is 22.7. The van der Waals surface area contributed by atoms with Crippen LogP contribution in [-0.4, -0.2) is 39.6 Å². The Hall–Kier alpha value is -1.44. The quantitative estimate of drug-likeness (QED) is 0.670. The highest BCUT2D eigenvalue weighted by atomic mass is 32.2. The van der Waals surface area contributed by atoms with Crippen molar-refractivity contribution >= 4 is 15.9 Å². The van der Waals surface area contributed by atoms with Crippen molar-refractivity contribution in [3.05, 3.63) is 30.3 Å². The van der Waals surface area contributed by atoms with E-state index in [-0.39, 0.29) is 39.7 Å². The zero-order chi connectivity index (χ0) is 22.4. The van der Waals surface area contributed by atoms with Gasteiger partial charge in [0.25, 0.3) is 0 Å². The molecular formula is C24H36N2O4S. The third kappa shape index (κ3) is 3.93. The number of carbonyl (C=O) groups excluding carboxylic acids is 1. The lowest BCUT2D eigenvalue weighted by Crippen LogP contribution is -2.60. The van der Waals surface area contributed by atoms with Crippen LogP contribution in [0.3, 0.4) is 0 Å². The summed E-state index contributed by atoms with van der Waals surface area (Å²) in [5.74, 6) is 1.00. The fraction of sp³-hybridized carbons (Fsp3) is 0.708. The smallest absolute Gasteiger partial charge is 0.240 e. The van der Waals surface area contributed by atoms with E-state index >= 15 is 0 Å². The van der Waals surface area contributed by atoms with Crippen LogP contribution in [0, 0.1) is 28.6 Å². The monoisotopic (exact) mass is 448 g/mol. The summed E-state index contributed by atoms with van der Waals surface area (Å²) in [5.41, 5.74) is 0.123. The third-order valence-electron chi connectivity index (χ3n) is 8.21. The Kier molecular flexibility index (Phi) is 5.99. The van der Waals surface area contributed by atoms with Crippen molar-refractivity contribution in [1.29, 1.82) is 0 Å². The van der Waals surface area contributed by atoms with E-state index in [1.165, 1.54) is 0 Å². The zero-order valence-electron chi connectivity index (χ0n) is 19.1. The number of benzene rings is 1. The highest BCUT2D eigenvalue weighted by Crippen LogP contribution is 2.68. The average Bonchev–Trinajstić information content (AvgIpc) is 3.21. The van der Waals surface area contributed by atoms with Gasteiger partial charge >= 0.3 is 0 Å². The molecule has 1 amide bonds. The largest absolute Gasteiger partial charge is 0.378 e. The third-order valence-corrected chi connectivity index (χ3v) is 9.69. The lowest BCUT2D eigenvalue weighted by molar-refractivity contribution is -0.138. The Bertz CT molecular complexity index is 915. The lowest BCUT2D eigenvalue weighted by Gasteiger charge is -2.53. The molecule has 1 heterocycles. The van der Waals surface area contributed by atoms with Crippen LogP contribution >= 0.6 is 0 Å². The lowest BCUT2D eigenvalue weighted by atomic mass is 9.59. The molecule has 2 N–H and O–H groups in total. The first-order valence-corrected chi connectivity index (χ1v) is 13.0. The molecule has 0 aromatic heterocycles. The van der Waals surface area contributed by atoms with Gasteiger partial charge in [-0.15, -0.1) is 0 Å². The van der Waals surface area contributed by atoms with E-state index in [4.69, 9.17) is 4.74 Å². The van der Waals surface area contributed by atoms with E-state index in [2.05, 4.69) is 23.9 Å². The van der Waals surface area contributed by atoms with Crippen LogP contribution in [0.15, 0.2) is 35.2 Å². The van der Waals surface area contributed by atoms with Crippen LogP contribution in [0.2, 0.25) is 0 Å². The first-order valence-electron chi connectivity index (χ1n) is 11.5. The van der Waals surface area contributed by atoms with Crippen LogP contribution in [0.1, 0.15) is 53.4 Å². The maximum absolute atomic E-state index is 12.6. The van der Waals surface area contributed by atoms with Crippen LogP contribution in [0.25, 0.3) is 0 Å². The molecule has 0 radical (unpaired) electrons. The molecule has 0 unspecified atom stereocenters. The van der Waals surface area contributed by atoms with Crippen molar-refractivity contribution in [3.8, 4) is 0 Å². The van der Waals surface area contributed by atoms with Gasteiger partial charge in [0.1, 0.15) is 0 Å². The second kappa shape index (κ2) is 8.16. The van der Waals surface area contributed by atoms with E-state index in [1.807, 2.05) is 13.8 Å². The average molecular weight is 449 g/mol. The Morgan fingerprint density at radius 3 is 2.61 bits per heavy atom. The van der Waals surface area contributed by atoms with Crippen molar-refractivity contribution in [2.24, 2.45) is 28.6 Å². The normalized spacial score (nSPS) is 34.0. The predicted molar refractivity (Wildman–Crippen MR) is 120 cm³/mol. The van der Waals surface area contributed by atoms with E-state index in [0.29, 0.717) is 31.4 Å². The molecule has 31 heavy (non-hydrogen) atoms. The highest BCUT2D eigenvalue weighted by molar-refractivity contribution is 7.89. The maximum Gasteiger partial charge on any atom is 0.240 e. The number of sulfonamides is 1. The first-order chi connectivity index (χ1) is 14.6. The van der Waals surface area contributed by atoms with Crippen molar-refractivity contribution in [2.75, 3.05) is 13.2 Å². The van der Waals surface area contributed by atoms with Gasteiger partial charge < -0.3 is 10.1 Å². The van der Waals surface area contributed by atoms with Gasteiger partial charge in [-0.3, -0.25) is 4.79 Å². The Morgan fingerprint density at radius 1 is 1.23 bits per heavy atom. The van der Waals surface area contributed by atoms with Crippen molar-refractivity contribution < 1.29 is 17.9 Å². The maximum atomic E-state index is 12.6. The van der Waals surface area contributed by atoms with E-state index < -0.39 is 10.0 Å². The summed E-state index contributed by atoms with van der Waals surface area (Å²) >= 11 is 0. The van der Waals surface area contributed by atoms with Crippen molar-refractivity contribution in [2.45, 2.75) is 70.4 Å². The summed E-state index contributed by atoms with van der Waals surface area (Å²) in [7, 11) is -3.51. The molecule has 3 aliphatic rings. The van der Waals surface area contributed by atoms with Gasteiger partial charge in [0.05, 0.1) is 11.0 Å². The number of hydrogen-bond acceptors (Lipinski definition) is 4. The molecule has 6 nitrogen and oxygen atoms in total. The van der Waals surface area contributed by atoms with Gasteiger partial charge in [-0.2, -0.15) is 0 Å². The van der Waals surface area contributed by atoms with Crippen LogP contribution in [0.4, 0.5) is 0 Å². The zero-order valence-corrected chi connectivity index (χ0v) is 19.9. The molecule has 7 heteroatoms. The number of fused-ring (bicyclic) bond motifs is 1. The number of carbonyl (C=O) groups is 1. The molecule has 2 saturated carbocycles. The van der Waals surface area contributed by atoms with E-state index in [0.717, 1.165) is 19.3 Å². The number of amides is 1. The standard InChI is InChI=1S/C24H36N2O4S/c1-16(2)21(27)26-22-23(3,4)17-14-19-20(30-13-11-24(19,22)15-17)10-12-25-31(28,29)18-8-6-5-7-9-18/h5-9,16-17,19-20,22,25H,10-15H2,1-4H3,(H,26,27)/t17-,19-,20-,22-,24-/m1/s1. The van der Waals surface area contributed by atoms with Crippen LogP contribution < -0.4 is 10.0 Å². The molecule has 172 valence electrons. The minimum Gasteiger partial charge on any atom is -0.378 e. The molecule has 1 aliphatic heterocycles. The molecule has 2 bridgehead atoms. The van der Waals surface area contributed by atoms with Crippen molar-refractivity contribution in [3.63, 3.8) is 0 Å². The highest BCUT2D eigenvalue weighted by Gasteiger charge is 2.68. The van der Waals surface area contributed by atoms with Gasteiger partial charge in [0.2, 0.25) is 15.9 Å². The minimum absolute atomic E-state index is 0.0202. The summed E-state index contributed by atoms with van der Waals surface area (Å²) in [5, 5.41) is 3.41. The molecule has 1 saturated heterocycles. The second-order valence-electron chi connectivity index (χ2n) is 10.6. The van der Waals surface area contributed by atoms with Crippen LogP contribution in [-0.2, 0) is 19.6 Å². The van der Waals surface area contributed by atoms with E-state index in [1.54, 1.807) is 30.3 Å². The van der Waals surface area contributed by atoms with Crippen molar-refractivity contribution in [1.82, 2.24) is 10.0 Å². The predicted octanol–water partition coefficient (Wildman–Crippen LogP) is 3.34. The number of ether oxygens (including phenoxy) is 1. The minimum atomic E-state index is -3.51. The molecule has 1 aromatic rings. The summed E-state index contributed by atoms with van der Waals surface area (Å²) in [6, 6.07) is 8.62. The molecule has 2 aliphatic carbocycles. The van der Waals surface area contributed by atoms with Gasteiger partial charge in [0.15, 0.2) is 0 Å². The molecule has 5 atom stereocenters. The second-order valence-corrected chi connectivity index (χ2v) is 12.3. The summed E-state index contributed by atoms with van der Waals surface area (Å²) in [6.07, 6.45) is 3.86. The van der Waals surface area contributed by atoms with Gasteiger partial charge in [0, 0.05) is 25.1 Å². The molecule has 1 spiro atoms. The fourth-order valence-electron chi connectivity index (χ4n) is 6.52. The Morgan fingerprint density at radius 2 is 1.94 bits per heavy atom. The summed E-state index contributed by atoms with van der Waals surface area (Å²) in [6.45, 7) is 9.50. The fourth-order valence-corrected chi connectivity index (χ4v) is 7.59. The Labute approximate surface area is 186 Å². The molecule has 4 rings (SSSR count). The number of nitrogens with one attached hydrogen (secondary N) is 2. The van der Waals surface area contributed by atoms with Crippen LogP contribution in [0.5, 0.6) is 0 Å². The Balaban J connectivity index is 1.46. The van der Waals surface area contributed by atoms with Gasteiger partial charge in [-0.1, -0.05) is 45.9 Å². The molecule has 3 fully saturated rings. The van der Waals surface area contributed by atoms with Gasteiger partial charge in [-0.05, 0) is 60.5 Å². The van der Waals surface area contributed by atoms with E-state index in [9.17, 15) is 13.2 Å². The number of rotatable bonds is 7. The molecular weight excluding hydrogens is 412 g/mol. The summed E-state index contributed by atoms with van der Waals surface area (Å²) in [4.78, 5) is 12.9. The number of hydrogen-bond donors (Lipinski definition) is 2. The topological polar surface area (TPSA) is 84.5 Å².